The zero-order valence-electron chi connectivity index (χ0n) is 10.4. The van der Waals surface area contributed by atoms with Crippen LogP contribution in [-0.2, 0) is 4.79 Å². The molecule has 0 saturated heterocycles. The average Bonchev–Trinajstić information content (AvgIpc) is 3.19. The SMILES string of the molecule is CN(c1ccc([N+](=O)[O-])c(/C=C/C(=O)O)c1)C1CC1. The predicted octanol–water partition coefficient (Wildman–Crippen LogP) is 2.29. The van der Waals surface area contributed by atoms with E-state index in [1.807, 2.05) is 7.05 Å². The van der Waals surface area contributed by atoms with Crippen molar-refractivity contribution in [3.8, 4) is 0 Å². The largest absolute Gasteiger partial charge is 0.478 e. The standard InChI is InChI=1S/C13H14N2O4/c1-14(10-3-4-10)11-5-6-12(15(18)19)9(8-11)2-7-13(16)17/h2,5-8,10H,3-4H2,1H3,(H,16,17)/b7-2+. The van der Waals surface area contributed by atoms with Crippen molar-refractivity contribution in [1.29, 1.82) is 0 Å². The van der Waals surface area contributed by atoms with E-state index in [4.69, 9.17) is 5.11 Å². The van der Waals surface area contributed by atoms with Gasteiger partial charge in [0.25, 0.3) is 5.69 Å². The van der Waals surface area contributed by atoms with Gasteiger partial charge in [-0.2, -0.15) is 0 Å². The zero-order chi connectivity index (χ0) is 14.0. The number of nitro groups is 1. The van der Waals surface area contributed by atoms with E-state index in [2.05, 4.69) is 4.90 Å². The summed E-state index contributed by atoms with van der Waals surface area (Å²) in [4.78, 5) is 23.0. The fourth-order valence-electron chi connectivity index (χ4n) is 1.89. The van der Waals surface area contributed by atoms with Crippen molar-refractivity contribution in [2.45, 2.75) is 18.9 Å². The van der Waals surface area contributed by atoms with Crippen molar-refractivity contribution >= 4 is 23.4 Å². The number of nitro benzene ring substituents is 1. The van der Waals surface area contributed by atoms with Gasteiger partial charge in [0.05, 0.1) is 10.5 Å². The van der Waals surface area contributed by atoms with Crippen molar-refractivity contribution in [2.24, 2.45) is 0 Å². The maximum Gasteiger partial charge on any atom is 0.328 e. The number of anilines is 1. The quantitative estimate of drug-likeness (QED) is 0.500. The summed E-state index contributed by atoms with van der Waals surface area (Å²) in [5.74, 6) is -1.13. The fraction of sp³-hybridized carbons (Fsp3) is 0.308. The Morgan fingerprint density at radius 3 is 2.74 bits per heavy atom. The second-order valence-corrected chi connectivity index (χ2v) is 4.51. The Bertz CT molecular complexity index is 550. The summed E-state index contributed by atoms with van der Waals surface area (Å²) in [6, 6.07) is 5.23. The number of carbonyl (C=O) groups is 1. The molecular weight excluding hydrogens is 248 g/mol. The Labute approximate surface area is 110 Å². The van der Waals surface area contributed by atoms with Crippen LogP contribution in [0.15, 0.2) is 24.3 Å². The summed E-state index contributed by atoms with van der Waals surface area (Å²) in [7, 11) is 1.93. The molecule has 1 aliphatic carbocycles. The van der Waals surface area contributed by atoms with Gasteiger partial charge in [-0.25, -0.2) is 4.79 Å². The summed E-state index contributed by atoms with van der Waals surface area (Å²) in [6.45, 7) is 0. The van der Waals surface area contributed by atoms with Gasteiger partial charge >= 0.3 is 5.97 Å². The molecule has 0 spiro atoms. The van der Waals surface area contributed by atoms with Gasteiger partial charge in [-0.3, -0.25) is 10.1 Å². The maximum atomic E-state index is 10.9. The van der Waals surface area contributed by atoms with Crippen molar-refractivity contribution in [2.75, 3.05) is 11.9 Å². The number of aliphatic carboxylic acids is 1. The van der Waals surface area contributed by atoms with Gasteiger partial charge in [-0.15, -0.1) is 0 Å². The molecule has 0 atom stereocenters. The molecule has 0 bridgehead atoms. The molecule has 0 amide bonds. The van der Waals surface area contributed by atoms with Gasteiger partial charge < -0.3 is 10.0 Å². The maximum absolute atomic E-state index is 10.9. The monoisotopic (exact) mass is 262 g/mol. The Kier molecular flexibility index (Phi) is 3.50. The first-order chi connectivity index (χ1) is 8.99. The Hall–Kier alpha value is -2.37. The van der Waals surface area contributed by atoms with Crippen molar-refractivity contribution in [3.63, 3.8) is 0 Å². The number of hydrogen-bond acceptors (Lipinski definition) is 4. The van der Waals surface area contributed by atoms with Gasteiger partial charge in [0, 0.05) is 30.9 Å². The molecule has 0 aromatic heterocycles. The highest BCUT2D eigenvalue weighted by Crippen LogP contribution is 2.32. The van der Waals surface area contributed by atoms with Crippen LogP contribution in [-0.4, -0.2) is 29.1 Å². The van der Waals surface area contributed by atoms with Crippen LogP contribution in [0.3, 0.4) is 0 Å². The number of hydrogen-bond donors (Lipinski definition) is 1. The third-order valence-corrected chi connectivity index (χ3v) is 3.12. The number of nitrogens with zero attached hydrogens (tertiary/aromatic N) is 2. The lowest BCUT2D eigenvalue weighted by molar-refractivity contribution is -0.385. The van der Waals surface area contributed by atoms with E-state index >= 15 is 0 Å². The summed E-state index contributed by atoms with van der Waals surface area (Å²) < 4.78 is 0. The third kappa shape index (κ3) is 3.09. The summed E-state index contributed by atoms with van der Waals surface area (Å²) >= 11 is 0. The molecule has 0 radical (unpaired) electrons. The van der Waals surface area contributed by atoms with E-state index in [-0.39, 0.29) is 5.69 Å². The van der Waals surface area contributed by atoms with E-state index in [1.54, 1.807) is 12.1 Å². The highest BCUT2D eigenvalue weighted by atomic mass is 16.6. The first-order valence-corrected chi connectivity index (χ1v) is 5.91. The van der Waals surface area contributed by atoms with Crippen LogP contribution in [0.1, 0.15) is 18.4 Å². The molecule has 19 heavy (non-hydrogen) atoms. The van der Waals surface area contributed by atoms with Crippen LogP contribution in [0.2, 0.25) is 0 Å². The number of benzene rings is 1. The predicted molar refractivity (Wildman–Crippen MR) is 71.2 cm³/mol. The Morgan fingerprint density at radius 2 is 2.21 bits per heavy atom. The van der Waals surface area contributed by atoms with E-state index < -0.39 is 10.9 Å². The molecule has 0 unspecified atom stereocenters. The second kappa shape index (κ2) is 5.09. The number of rotatable bonds is 5. The van der Waals surface area contributed by atoms with Crippen LogP contribution in [0.4, 0.5) is 11.4 Å². The third-order valence-electron chi connectivity index (χ3n) is 3.12. The molecule has 100 valence electrons. The first-order valence-electron chi connectivity index (χ1n) is 5.91. The molecule has 1 N–H and O–H groups in total. The molecule has 2 rings (SSSR count). The topological polar surface area (TPSA) is 83.7 Å². The first kappa shape index (κ1) is 13.1. The summed E-state index contributed by atoms with van der Waals surface area (Å²) in [6.07, 6.45) is 4.40. The molecule has 1 aromatic rings. The van der Waals surface area contributed by atoms with Crippen molar-refractivity contribution in [1.82, 2.24) is 0 Å². The Balaban J connectivity index is 2.36. The smallest absolute Gasteiger partial charge is 0.328 e. The zero-order valence-corrected chi connectivity index (χ0v) is 10.4. The van der Waals surface area contributed by atoms with Crippen LogP contribution >= 0.6 is 0 Å². The van der Waals surface area contributed by atoms with Gasteiger partial charge in [0.15, 0.2) is 0 Å². The molecule has 1 fully saturated rings. The van der Waals surface area contributed by atoms with Gasteiger partial charge in [-0.05, 0) is 31.1 Å². The number of carboxylic acid groups (broad SMARTS) is 1. The Morgan fingerprint density at radius 1 is 1.53 bits per heavy atom. The summed E-state index contributed by atoms with van der Waals surface area (Å²) in [5.41, 5.74) is 1.07. The van der Waals surface area contributed by atoms with Crippen LogP contribution in [0.5, 0.6) is 0 Å². The van der Waals surface area contributed by atoms with Crippen molar-refractivity contribution in [3.05, 3.63) is 40.0 Å². The second-order valence-electron chi connectivity index (χ2n) is 4.51. The highest BCUT2D eigenvalue weighted by molar-refractivity contribution is 5.86. The number of carboxylic acids is 1. The van der Waals surface area contributed by atoms with Crippen LogP contribution < -0.4 is 4.90 Å². The normalized spacial score (nSPS) is 14.6. The average molecular weight is 262 g/mol. The highest BCUT2D eigenvalue weighted by Gasteiger charge is 2.27. The van der Waals surface area contributed by atoms with Crippen LogP contribution in [0, 0.1) is 10.1 Å². The minimum atomic E-state index is -1.13. The molecule has 1 aromatic carbocycles. The molecule has 6 nitrogen and oxygen atoms in total. The lowest BCUT2D eigenvalue weighted by atomic mass is 10.1. The fourth-order valence-corrected chi connectivity index (χ4v) is 1.89. The minimum absolute atomic E-state index is 0.0922. The van der Waals surface area contributed by atoms with Crippen molar-refractivity contribution < 1.29 is 14.8 Å². The summed E-state index contributed by atoms with van der Waals surface area (Å²) in [5, 5.41) is 19.5. The lowest BCUT2D eigenvalue weighted by Gasteiger charge is -2.18. The van der Waals surface area contributed by atoms with E-state index in [1.165, 1.54) is 12.1 Å². The molecule has 6 heteroatoms. The van der Waals surface area contributed by atoms with E-state index in [9.17, 15) is 14.9 Å². The van der Waals surface area contributed by atoms with E-state index in [0.29, 0.717) is 11.6 Å². The van der Waals surface area contributed by atoms with Gasteiger partial charge in [0.2, 0.25) is 0 Å². The van der Waals surface area contributed by atoms with Crippen LogP contribution in [0.25, 0.3) is 6.08 Å². The van der Waals surface area contributed by atoms with E-state index in [0.717, 1.165) is 24.6 Å². The van der Waals surface area contributed by atoms with Gasteiger partial charge in [-0.1, -0.05) is 0 Å². The molecule has 0 heterocycles. The molecule has 1 saturated carbocycles. The minimum Gasteiger partial charge on any atom is -0.478 e. The molecule has 1 aliphatic rings. The molecular formula is C13H14N2O4. The lowest BCUT2D eigenvalue weighted by Crippen LogP contribution is -2.19. The van der Waals surface area contributed by atoms with Gasteiger partial charge in [0.1, 0.15) is 0 Å². The molecule has 0 aliphatic heterocycles.